The smallest absolute Gasteiger partial charge is 0.216 e. The van der Waals surface area contributed by atoms with Crippen molar-refractivity contribution in [2.75, 3.05) is 0 Å². The number of nitrogens with zero attached hydrogens (tertiary/aromatic N) is 2. The third kappa shape index (κ3) is 2.62. The van der Waals surface area contributed by atoms with Crippen LogP contribution in [0.25, 0.3) is 54.4 Å². The summed E-state index contributed by atoms with van der Waals surface area (Å²) in [6.07, 6.45) is 5.85. The van der Waals surface area contributed by atoms with Gasteiger partial charge in [-0.1, -0.05) is 124 Å². The van der Waals surface area contributed by atoms with Crippen molar-refractivity contribution < 1.29 is 5.11 Å². The second-order valence-corrected chi connectivity index (χ2v) is 13.7. The van der Waals surface area contributed by atoms with Crippen LogP contribution in [0.4, 0.5) is 0 Å². The van der Waals surface area contributed by atoms with E-state index < -0.39 is 6.35 Å². The third-order valence-corrected chi connectivity index (χ3v) is 11.4. The standard InChI is InChI=1S/C41H32N2O/c1-23-10-9-14-32-36(23)41(4,31-13-7-6-12-30(31)40(32,2)3)25-18-21-34-29(22-25)28-20-17-24-16-19-27-26-11-5-8-15-33(26)42-37(27)35(24)38(28)43(34)39(42)44/h5-22,36,39,44H,1H2,2-4H3. The Bertz CT molecular complexity index is 2530. The second kappa shape index (κ2) is 7.80. The fourth-order valence-electron chi connectivity index (χ4n) is 9.38. The van der Waals surface area contributed by atoms with Crippen LogP contribution in [0.2, 0.25) is 0 Å². The minimum absolute atomic E-state index is 0.0992. The van der Waals surface area contributed by atoms with E-state index in [-0.39, 0.29) is 16.7 Å². The number of allylic oxidation sites excluding steroid dienone is 5. The van der Waals surface area contributed by atoms with Crippen LogP contribution in [-0.4, -0.2) is 14.2 Å². The zero-order chi connectivity index (χ0) is 29.7. The molecule has 44 heavy (non-hydrogen) atoms. The molecule has 0 fully saturated rings. The molecule has 3 heterocycles. The maximum atomic E-state index is 12.2. The summed E-state index contributed by atoms with van der Waals surface area (Å²) >= 11 is 0. The van der Waals surface area contributed by atoms with Crippen molar-refractivity contribution in [3.05, 3.63) is 144 Å². The fourth-order valence-corrected chi connectivity index (χ4v) is 9.38. The van der Waals surface area contributed by atoms with Gasteiger partial charge in [-0.2, -0.15) is 0 Å². The Balaban J connectivity index is 1.31. The number of benzene rings is 5. The van der Waals surface area contributed by atoms with Gasteiger partial charge in [-0.15, -0.1) is 0 Å². The molecule has 0 saturated heterocycles. The number of hydrogen-bond acceptors (Lipinski definition) is 1. The Labute approximate surface area is 255 Å². The van der Waals surface area contributed by atoms with Crippen LogP contribution in [0.15, 0.2) is 127 Å². The van der Waals surface area contributed by atoms with E-state index >= 15 is 0 Å². The van der Waals surface area contributed by atoms with Gasteiger partial charge in [0.15, 0.2) is 0 Å². The molecule has 0 saturated carbocycles. The average Bonchev–Trinajstić information content (AvgIpc) is 3.57. The van der Waals surface area contributed by atoms with Gasteiger partial charge in [-0.25, -0.2) is 0 Å². The van der Waals surface area contributed by atoms with Gasteiger partial charge in [0.05, 0.1) is 22.1 Å². The molecule has 2 aliphatic carbocycles. The zero-order valence-corrected chi connectivity index (χ0v) is 25.1. The molecule has 3 unspecified atom stereocenters. The summed E-state index contributed by atoms with van der Waals surface area (Å²) < 4.78 is 4.28. The van der Waals surface area contributed by atoms with E-state index in [9.17, 15) is 5.11 Å². The van der Waals surface area contributed by atoms with Gasteiger partial charge in [-0.3, -0.25) is 9.13 Å². The van der Waals surface area contributed by atoms with E-state index in [1.807, 2.05) is 0 Å². The van der Waals surface area contributed by atoms with E-state index in [4.69, 9.17) is 0 Å². The van der Waals surface area contributed by atoms with E-state index in [0.29, 0.717) is 0 Å². The molecule has 7 aromatic rings. The van der Waals surface area contributed by atoms with Gasteiger partial charge in [0.25, 0.3) is 0 Å². The molecule has 2 aromatic heterocycles. The van der Waals surface area contributed by atoms with Crippen molar-refractivity contribution in [3.8, 4) is 0 Å². The highest BCUT2D eigenvalue weighted by Crippen LogP contribution is 2.59. The number of aliphatic hydroxyl groups is 1. The first-order chi connectivity index (χ1) is 21.3. The van der Waals surface area contributed by atoms with Gasteiger partial charge in [0.1, 0.15) is 0 Å². The average molecular weight is 569 g/mol. The largest absolute Gasteiger partial charge is 0.356 e. The Hall–Kier alpha value is -4.86. The van der Waals surface area contributed by atoms with E-state index in [2.05, 4.69) is 146 Å². The third-order valence-electron chi connectivity index (χ3n) is 11.4. The summed E-state index contributed by atoms with van der Waals surface area (Å²) in [5.41, 5.74) is 10.5. The Morgan fingerprint density at radius 2 is 1.36 bits per heavy atom. The maximum absolute atomic E-state index is 12.2. The lowest BCUT2D eigenvalue weighted by Gasteiger charge is -2.52. The molecule has 0 amide bonds. The minimum atomic E-state index is -0.840. The number of para-hydroxylation sites is 1. The van der Waals surface area contributed by atoms with Crippen molar-refractivity contribution in [2.45, 2.75) is 38.0 Å². The van der Waals surface area contributed by atoms with Crippen molar-refractivity contribution in [3.63, 3.8) is 0 Å². The number of fused-ring (bicyclic) bond motifs is 8. The molecule has 0 bridgehead atoms. The summed E-state index contributed by atoms with van der Waals surface area (Å²) in [5, 5.41) is 19.3. The fraction of sp³-hybridized carbons (Fsp3) is 0.171. The number of aromatic nitrogens is 2. The minimum Gasteiger partial charge on any atom is -0.356 e. The normalized spacial score (nSPS) is 23.4. The van der Waals surface area contributed by atoms with Crippen molar-refractivity contribution in [2.24, 2.45) is 5.92 Å². The predicted molar refractivity (Wildman–Crippen MR) is 182 cm³/mol. The maximum Gasteiger partial charge on any atom is 0.216 e. The molecule has 3 nitrogen and oxygen atoms in total. The Kier molecular flexibility index (Phi) is 4.35. The first-order valence-electron chi connectivity index (χ1n) is 15.6. The predicted octanol–water partition coefficient (Wildman–Crippen LogP) is 9.63. The molecule has 212 valence electrons. The summed E-state index contributed by atoms with van der Waals surface area (Å²) in [6.45, 7) is 11.7. The molecule has 0 spiro atoms. The molecule has 3 heteroatoms. The highest BCUT2D eigenvalue weighted by Gasteiger charge is 2.51. The van der Waals surface area contributed by atoms with Crippen LogP contribution >= 0.6 is 0 Å². The summed E-state index contributed by atoms with van der Waals surface area (Å²) in [4.78, 5) is 0. The molecule has 5 aromatic carbocycles. The second-order valence-electron chi connectivity index (χ2n) is 13.7. The van der Waals surface area contributed by atoms with Crippen molar-refractivity contribution in [1.82, 2.24) is 9.13 Å². The van der Waals surface area contributed by atoms with Gasteiger partial charge < -0.3 is 5.11 Å². The highest BCUT2D eigenvalue weighted by atomic mass is 16.3. The molecular weight excluding hydrogens is 536 g/mol. The molecule has 10 rings (SSSR count). The van der Waals surface area contributed by atoms with Crippen LogP contribution in [0, 0.1) is 5.92 Å². The lowest BCUT2D eigenvalue weighted by Crippen LogP contribution is -2.47. The molecule has 3 aliphatic rings. The van der Waals surface area contributed by atoms with E-state index in [1.54, 1.807) is 0 Å². The van der Waals surface area contributed by atoms with Crippen LogP contribution in [0.3, 0.4) is 0 Å². The van der Waals surface area contributed by atoms with Gasteiger partial charge >= 0.3 is 0 Å². The number of rotatable bonds is 1. The van der Waals surface area contributed by atoms with Crippen molar-refractivity contribution >= 4 is 54.4 Å². The molecule has 1 aliphatic heterocycles. The topological polar surface area (TPSA) is 30.1 Å². The summed E-state index contributed by atoms with van der Waals surface area (Å²) in [6, 6.07) is 33.3. The summed E-state index contributed by atoms with van der Waals surface area (Å²) in [7, 11) is 0. The SMILES string of the molecule is C=C1C=CC=C2C1C(C)(c1ccc3c(c1)c1ccc4ccc5c6ccccc6n6c5c4c1n3C6O)c1ccccc1C2(C)C. The number of aliphatic hydroxyl groups excluding tert-OH is 1. The van der Waals surface area contributed by atoms with Crippen LogP contribution < -0.4 is 0 Å². The Morgan fingerprint density at radius 1 is 0.705 bits per heavy atom. The quantitative estimate of drug-likeness (QED) is 0.210. The van der Waals surface area contributed by atoms with Crippen LogP contribution in [0.5, 0.6) is 0 Å². The molecule has 0 radical (unpaired) electrons. The summed E-state index contributed by atoms with van der Waals surface area (Å²) in [5.74, 6) is 0.150. The molecule has 1 N–H and O–H groups in total. The van der Waals surface area contributed by atoms with E-state index in [0.717, 1.165) is 27.6 Å². The van der Waals surface area contributed by atoms with Gasteiger partial charge in [-0.05, 0) is 45.8 Å². The zero-order valence-electron chi connectivity index (χ0n) is 25.1. The Morgan fingerprint density at radius 3 is 2.14 bits per heavy atom. The van der Waals surface area contributed by atoms with Gasteiger partial charge in [0.2, 0.25) is 6.35 Å². The monoisotopic (exact) mass is 568 g/mol. The lowest BCUT2D eigenvalue weighted by atomic mass is 9.50. The van der Waals surface area contributed by atoms with Crippen molar-refractivity contribution in [1.29, 1.82) is 0 Å². The van der Waals surface area contributed by atoms with Crippen LogP contribution in [-0.2, 0) is 10.8 Å². The lowest BCUT2D eigenvalue weighted by molar-refractivity contribution is 0.0899. The van der Waals surface area contributed by atoms with Crippen LogP contribution in [0.1, 0.15) is 43.8 Å². The highest BCUT2D eigenvalue weighted by molar-refractivity contribution is 6.28. The first-order valence-corrected chi connectivity index (χ1v) is 15.6. The van der Waals surface area contributed by atoms with E-state index in [1.165, 1.54) is 54.6 Å². The molecule has 3 atom stereocenters. The molecular formula is C41H32N2O. The number of hydrogen-bond donors (Lipinski definition) is 1. The first kappa shape index (κ1) is 24.6. The van der Waals surface area contributed by atoms with Gasteiger partial charge in [0, 0.05) is 43.7 Å².